The molecule has 1 aliphatic carbocycles. The molecule has 0 atom stereocenters. The molecule has 0 bridgehead atoms. The molecule has 20 heavy (non-hydrogen) atoms. The molecule has 2 heteroatoms. The molecule has 0 aliphatic heterocycles. The average molecular weight is 273 g/mol. The Morgan fingerprint density at radius 3 is 2.80 bits per heavy atom. The quantitative estimate of drug-likeness (QED) is 0.749. The summed E-state index contributed by atoms with van der Waals surface area (Å²) in [5.74, 6) is 1.86. The molecule has 0 saturated heterocycles. The minimum absolute atomic E-state index is 0.737. The molecule has 1 N–H and O–H groups in total. The Morgan fingerprint density at radius 2 is 2.00 bits per heavy atom. The highest BCUT2D eigenvalue weighted by Gasteiger charge is 2.12. The Morgan fingerprint density at radius 1 is 1.20 bits per heavy atom. The first-order valence-electron chi connectivity index (χ1n) is 7.95. The second kappa shape index (κ2) is 8.80. The van der Waals surface area contributed by atoms with Crippen LogP contribution in [0.25, 0.3) is 6.08 Å². The van der Waals surface area contributed by atoms with E-state index in [1.807, 2.05) is 31.2 Å². The fraction of sp³-hybridized carbons (Fsp3) is 0.556. The lowest BCUT2D eigenvalue weighted by Gasteiger charge is -2.21. The monoisotopic (exact) mass is 273 g/mol. The normalized spacial score (nSPS) is 16.6. The molecule has 1 aliphatic rings. The number of allylic oxidation sites excluding steroid dienone is 1. The molecular weight excluding hydrogens is 246 g/mol. The molecule has 110 valence electrons. The van der Waals surface area contributed by atoms with Crippen molar-refractivity contribution in [1.29, 1.82) is 0 Å². The number of para-hydroxylation sites is 1. The Bertz CT molecular complexity index is 408. The van der Waals surface area contributed by atoms with Gasteiger partial charge in [-0.25, -0.2) is 0 Å². The zero-order chi connectivity index (χ0) is 14.0. The van der Waals surface area contributed by atoms with Crippen molar-refractivity contribution >= 4 is 6.08 Å². The summed E-state index contributed by atoms with van der Waals surface area (Å²) in [5.41, 5.74) is 1.15. The van der Waals surface area contributed by atoms with E-state index in [9.17, 15) is 0 Å². The largest absolute Gasteiger partial charge is 0.492 e. The van der Waals surface area contributed by atoms with Gasteiger partial charge in [0.25, 0.3) is 0 Å². The van der Waals surface area contributed by atoms with E-state index in [1.165, 1.54) is 32.1 Å². The van der Waals surface area contributed by atoms with Crippen LogP contribution in [0.15, 0.2) is 30.3 Å². The van der Waals surface area contributed by atoms with E-state index in [0.29, 0.717) is 0 Å². The van der Waals surface area contributed by atoms with Crippen molar-refractivity contribution in [2.45, 2.75) is 39.0 Å². The van der Waals surface area contributed by atoms with Gasteiger partial charge >= 0.3 is 0 Å². The van der Waals surface area contributed by atoms with E-state index < -0.39 is 0 Å². The molecule has 0 aromatic heterocycles. The molecule has 1 fully saturated rings. The zero-order valence-electron chi connectivity index (χ0n) is 12.6. The van der Waals surface area contributed by atoms with Gasteiger partial charge < -0.3 is 10.1 Å². The molecule has 1 saturated carbocycles. The summed E-state index contributed by atoms with van der Waals surface area (Å²) in [5, 5.41) is 3.53. The standard InChI is InChI=1S/C18H27NO/c1-2-8-17-11-6-7-12-18(17)20-14-13-19-15-16-9-4-3-5-10-16/h2,6-8,11-12,16,19H,3-5,9-10,13-15H2,1H3. The summed E-state index contributed by atoms with van der Waals surface area (Å²) in [4.78, 5) is 0. The van der Waals surface area contributed by atoms with Crippen LogP contribution in [0.1, 0.15) is 44.6 Å². The SMILES string of the molecule is CC=Cc1ccccc1OCCNCC1CCCCC1. The number of benzene rings is 1. The number of ether oxygens (including phenoxy) is 1. The fourth-order valence-electron chi connectivity index (χ4n) is 2.86. The maximum Gasteiger partial charge on any atom is 0.126 e. The van der Waals surface area contributed by atoms with Crippen LogP contribution in [0.2, 0.25) is 0 Å². The molecule has 1 aromatic rings. The van der Waals surface area contributed by atoms with Gasteiger partial charge in [0.15, 0.2) is 0 Å². The number of rotatable bonds is 7. The van der Waals surface area contributed by atoms with Crippen molar-refractivity contribution in [3.05, 3.63) is 35.9 Å². The third-order valence-corrected chi connectivity index (χ3v) is 3.96. The summed E-state index contributed by atoms with van der Waals surface area (Å²) in [6, 6.07) is 8.20. The van der Waals surface area contributed by atoms with Crippen LogP contribution >= 0.6 is 0 Å². The summed E-state index contributed by atoms with van der Waals surface area (Å²) < 4.78 is 5.87. The van der Waals surface area contributed by atoms with Crippen molar-refractivity contribution in [3.63, 3.8) is 0 Å². The van der Waals surface area contributed by atoms with Gasteiger partial charge in [-0.2, -0.15) is 0 Å². The second-order valence-electron chi connectivity index (χ2n) is 5.59. The van der Waals surface area contributed by atoms with Crippen LogP contribution in [-0.4, -0.2) is 19.7 Å². The highest BCUT2D eigenvalue weighted by molar-refractivity contribution is 5.56. The molecule has 1 aromatic carbocycles. The minimum atomic E-state index is 0.737. The van der Waals surface area contributed by atoms with Crippen molar-refractivity contribution in [2.75, 3.05) is 19.7 Å². The van der Waals surface area contributed by atoms with Gasteiger partial charge in [0, 0.05) is 12.1 Å². The van der Waals surface area contributed by atoms with Crippen molar-refractivity contribution in [3.8, 4) is 5.75 Å². The molecule has 0 amide bonds. The number of hydrogen-bond donors (Lipinski definition) is 1. The highest BCUT2D eigenvalue weighted by atomic mass is 16.5. The summed E-state index contributed by atoms with van der Waals surface area (Å²) in [6.45, 7) is 4.85. The van der Waals surface area contributed by atoms with Gasteiger partial charge in [-0.15, -0.1) is 0 Å². The maximum atomic E-state index is 5.87. The van der Waals surface area contributed by atoms with Gasteiger partial charge in [-0.05, 0) is 38.3 Å². The van der Waals surface area contributed by atoms with Gasteiger partial charge in [0.1, 0.15) is 12.4 Å². The fourth-order valence-corrected chi connectivity index (χ4v) is 2.86. The topological polar surface area (TPSA) is 21.3 Å². The lowest BCUT2D eigenvalue weighted by atomic mass is 9.89. The smallest absolute Gasteiger partial charge is 0.126 e. The Balaban J connectivity index is 1.65. The lowest BCUT2D eigenvalue weighted by Crippen LogP contribution is -2.28. The van der Waals surface area contributed by atoms with Gasteiger partial charge in [-0.3, -0.25) is 0 Å². The van der Waals surface area contributed by atoms with E-state index in [2.05, 4.69) is 17.5 Å². The van der Waals surface area contributed by atoms with E-state index in [-0.39, 0.29) is 0 Å². The summed E-state index contributed by atoms with van der Waals surface area (Å²) in [7, 11) is 0. The first-order chi connectivity index (χ1) is 9.90. The van der Waals surface area contributed by atoms with E-state index in [1.54, 1.807) is 0 Å². The average Bonchev–Trinajstić information content (AvgIpc) is 2.50. The molecule has 0 spiro atoms. The second-order valence-corrected chi connectivity index (χ2v) is 5.59. The van der Waals surface area contributed by atoms with Crippen molar-refractivity contribution in [2.24, 2.45) is 5.92 Å². The molecule has 2 nitrogen and oxygen atoms in total. The van der Waals surface area contributed by atoms with Crippen LogP contribution in [-0.2, 0) is 0 Å². The Kier molecular flexibility index (Phi) is 6.65. The number of hydrogen-bond acceptors (Lipinski definition) is 2. The van der Waals surface area contributed by atoms with E-state index >= 15 is 0 Å². The lowest BCUT2D eigenvalue weighted by molar-refractivity contribution is 0.294. The molecule has 2 rings (SSSR count). The first-order valence-corrected chi connectivity index (χ1v) is 7.95. The van der Waals surface area contributed by atoms with Crippen LogP contribution in [0.3, 0.4) is 0 Å². The van der Waals surface area contributed by atoms with Crippen molar-refractivity contribution in [1.82, 2.24) is 5.32 Å². The third-order valence-electron chi connectivity index (χ3n) is 3.96. The number of nitrogens with one attached hydrogen (secondary N) is 1. The Hall–Kier alpha value is -1.28. The van der Waals surface area contributed by atoms with Gasteiger partial charge in [0.2, 0.25) is 0 Å². The molecule has 0 heterocycles. The predicted molar refractivity (Wildman–Crippen MR) is 86.1 cm³/mol. The Labute approximate surface area is 123 Å². The zero-order valence-corrected chi connectivity index (χ0v) is 12.6. The first kappa shape index (κ1) is 15.1. The van der Waals surface area contributed by atoms with Crippen LogP contribution in [0, 0.1) is 5.92 Å². The molecule has 0 radical (unpaired) electrons. The van der Waals surface area contributed by atoms with Gasteiger partial charge in [0.05, 0.1) is 0 Å². The summed E-state index contributed by atoms with van der Waals surface area (Å²) >= 11 is 0. The van der Waals surface area contributed by atoms with E-state index in [0.717, 1.165) is 36.9 Å². The van der Waals surface area contributed by atoms with Crippen LogP contribution in [0.4, 0.5) is 0 Å². The maximum absolute atomic E-state index is 5.87. The van der Waals surface area contributed by atoms with Crippen LogP contribution < -0.4 is 10.1 Å². The minimum Gasteiger partial charge on any atom is -0.492 e. The van der Waals surface area contributed by atoms with Crippen molar-refractivity contribution < 1.29 is 4.74 Å². The summed E-state index contributed by atoms with van der Waals surface area (Å²) in [6.07, 6.45) is 11.2. The van der Waals surface area contributed by atoms with Gasteiger partial charge in [-0.1, -0.05) is 49.6 Å². The molecule has 0 unspecified atom stereocenters. The predicted octanol–water partition coefficient (Wildman–Crippen LogP) is 4.27. The van der Waals surface area contributed by atoms with Crippen LogP contribution in [0.5, 0.6) is 5.75 Å². The molecular formula is C18H27NO. The third kappa shape index (κ3) is 5.01. The highest BCUT2D eigenvalue weighted by Crippen LogP contribution is 2.22. The van der Waals surface area contributed by atoms with E-state index in [4.69, 9.17) is 4.74 Å².